The lowest BCUT2D eigenvalue weighted by atomic mass is 9.99. The number of nitrogens with zero attached hydrogens (tertiary/aromatic N) is 1. The van der Waals surface area contributed by atoms with Crippen LogP contribution < -0.4 is 10.6 Å². The van der Waals surface area contributed by atoms with E-state index in [-0.39, 0.29) is 18.5 Å². The summed E-state index contributed by atoms with van der Waals surface area (Å²) in [5, 5.41) is 14.7. The van der Waals surface area contributed by atoms with Crippen molar-refractivity contribution >= 4 is 23.6 Å². The van der Waals surface area contributed by atoms with Crippen molar-refractivity contribution < 1.29 is 19.5 Å². The third-order valence-electron chi connectivity index (χ3n) is 4.37. The van der Waals surface area contributed by atoms with E-state index >= 15 is 0 Å². The first-order valence-corrected chi connectivity index (χ1v) is 8.22. The molecule has 1 heterocycles. The van der Waals surface area contributed by atoms with Crippen LogP contribution in [0.25, 0.3) is 0 Å². The smallest absolute Gasteiger partial charge is 0.321 e. The summed E-state index contributed by atoms with van der Waals surface area (Å²) in [5.41, 5.74) is 1.14. The molecule has 1 aromatic rings. The zero-order chi connectivity index (χ0) is 17.1. The summed E-state index contributed by atoms with van der Waals surface area (Å²) in [6.07, 6.45) is 3.36. The Bertz CT molecular complexity index is 640. The van der Waals surface area contributed by atoms with Crippen LogP contribution in [-0.2, 0) is 4.79 Å². The summed E-state index contributed by atoms with van der Waals surface area (Å²) < 4.78 is 0. The van der Waals surface area contributed by atoms with Gasteiger partial charge in [0.1, 0.15) is 0 Å². The largest absolute Gasteiger partial charge is 0.481 e. The molecule has 0 radical (unpaired) electrons. The average Bonchev–Trinajstić information content (AvgIpc) is 3.39. The highest BCUT2D eigenvalue weighted by molar-refractivity contribution is 5.96. The maximum atomic E-state index is 12.3. The standard InChI is InChI=1S/C17H21N3O4/c21-15(18-13-7-8-13)11-3-5-14(6-4-11)19-17(24)20-9-1-2-12(10-20)16(22)23/h3-6,12-13H,1-2,7-10H2,(H,18,21)(H,19,24)(H,22,23). The van der Waals surface area contributed by atoms with Crippen LogP contribution >= 0.6 is 0 Å². The predicted octanol–water partition coefficient (Wildman–Crippen LogP) is 1.91. The van der Waals surface area contributed by atoms with E-state index in [0.717, 1.165) is 12.8 Å². The lowest BCUT2D eigenvalue weighted by Gasteiger charge is -2.30. The van der Waals surface area contributed by atoms with E-state index in [9.17, 15) is 14.4 Å². The maximum absolute atomic E-state index is 12.3. The highest BCUT2D eigenvalue weighted by Gasteiger charge is 2.28. The second kappa shape index (κ2) is 6.90. The van der Waals surface area contributed by atoms with Gasteiger partial charge in [0.05, 0.1) is 5.92 Å². The molecule has 7 heteroatoms. The van der Waals surface area contributed by atoms with Crippen LogP contribution in [0.5, 0.6) is 0 Å². The molecule has 7 nitrogen and oxygen atoms in total. The molecule has 1 aliphatic carbocycles. The molecule has 1 unspecified atom stereocenters. The molecule has 1 aromatic carbocycles. The van der Waals surface area contributed by atoms with Crippen molar-refractivity contribution in [1.29, 1.82) is 0 Å². The molecule has 3 N–H and O–H groups in total. The van der Waals surface area contributed by atoms with E-state index < -0.39 is 11.9 Å². The van der Waals surface area contributed by atoms with Crippen molar-refractivity contribution in [2.75, 3.05) is 18.4 Å². The Balaban J connectivity index is 1.55. The van der Waals surface area contributed by atoms with Crippen LogP contribution in [0.3, 0.4) is 0 Å². The van der Waals surface area contributed by atoms with Crippen molar-refractivity contribution in [2.45, 2.75) is 31.7 Å². The number of amides is 3. The molecule has 3 rings (SSSR count). The number of piperidine rings is 1. The van der Waals surface area contributed by atoms with E-state index in [4.69, 9.17) is 5.11 Å². The van der Waals surface area contributed by atoms with Gasteiger partial charge in [0, 0.05) is 30.4 Å². The number of hydrogen-bond acceptors (Lipinski definition) is 3. The molecule has 1 saturated carbocycles. The van der Waals surface area contributed by atoms with Gasteiger partial charge in [-0.05, 0) is 49.9 Å². The predicted molar refractivity (Wildman–Crippen MR) is 87.9 cm³/mol. The molecular formula is C17H21N3O4. The summed E-state index contributed by atoms with van der Waals surface area (Å²) in [6, 6.07) is 6.69. The van der Waals surface area contributed by atoms with Crippen molar-refractivity contribution in [1.82, 2.24) is 10.2 Å². The number of carbonyl (C=O) groups excluding carboxylic acids is 2. The first kappa shape index (κ1) is 16.3. The minimum absolute atomic E-state index is 0.101. The molecule has 1 atom stereocenters. The van der Waals surface area contributed by atoms with Crippen molar-refractivity contribution in [3.8, 4) is 0 Å². The van der Waals surface area contributed by atoms with E-state index in [1.165, 1.54) is 4.90 Å². The number of carbonyl (C=O) groups is 3. The third-order valence-corrected chi connectivity index (χ3v) is 4.37. The van der Waals surface area contributed by atoms with Crippen LogP contribution in [0.1, 0.15) is 36.0 Å². The maximum Gasteiger partial charge on any atom is 0.321 e. The SMILES string of the molecule is O=C(NC1CC1)c1ccc(NC(=O)N2CCCC(C(=O)O)C2)cc1. The summed E-state index contributed by atoms with van der Waals surface area (Å²) in [5.74, 6) is -1.47. The van der Waals surface area contributed by atoms with Gasteiger partial charge in [0.15, 0.2) is 0 Å². The van der Waals surface area contributed by atoms with Gasteiger partial charge in [-0.2, -0.15) is 0 Å². The number of anilines is 1. The molecule has 2 aliphatic rings. The Morgan fingerprint density at radius 2 is 1.79 bits per heavy atom. The number of hydrogen-bond donors (Lipinski definition) is 3. The average molecular weight is 331 g/mol. The van der Waals surface area contributed by atoms with Crippen LogP contribution in [0.4, 0.5) is 10.5 Å². The Morgan fingerprint density at radius 3 is 2.42 bits per heavy atom. The van der Waals surface area contributed by atoms with E-state index in [1.54, 1.807) is 24.3 Å². The fraction of sp³-hybridized carbons (Fsp3) is 0.471. The monoisotopic (exact) mass is 331 g/mol. The summed E-state index contributed by atoms with van der Waals surface area (Å²) in [6.45, 7) is 0.778. The van der Waals surface area contributed by atoms with Crippen LogP contribution in [0.15, 0.2) is 24.3 Å². The molecule has 0 aromatic heterocycles. The highest BCUT2D eigenvalue weighted by Crippen LogP contribution is 2.20. The number of urea groups is 1. The number of aliphatic carboxylic acids is 1. The molecule has 24 heavy (non-hydrogen) atoms. The molecule has 128 valence electrons. The molecule has 1 saturated heterocycles. The van der Waals surface area contributed by atoms with Gasteiger partial charge >= 0.3 is 12.0 Å². The second-order valence-corrected chi connectivity index (χ2v) is 6.38. The first-order chi connectivity index (χ1) is 11.5. The van der Waals surface area contributed by atoms with Crippen LogP contribution in [0, 0.1) is 5.92 Å². The Morgan fingerprint density at radius 1 is 1.08 bits per heavy atom. The first-order valence-electron chi connectivity index (χ1n) is 8.22. The molecule has 3 amide bonds. The number of nitrogens with one attached hydrogen (secondary N) is 2. The molecular weight excluding hydrogens is 310 g/mol. The third kappa shape index (κ3) is 4.04. The number of carboxylic acids is 1. The van der Waals surface area contributed by atoms with Gasteiger partial charge in [-0.25, -0.2) is 4.79 Å². The van der Waals surface area contributed by atoms with Gasteiger partial charge in [0.2, 0.25) is 0 Å². The van der Waals surface area contributed by atoms with Gasteiger partial charge in [-0.1, -0.05) is 0 Å². The van der Waals surface area contributed by atoms with Crippen molar-refractivity contribution in [3.63, 3.8) is 0 Å². The minimum Gasteiger partial charge on any atom is -0.481 e. The number of carboxylic acid groups (broad SMARTS) is 1. The fourth-order valence-corrected chi connectivity index (χ4v) is 2.77. The molecule has 1 aliphatic heterocycles. The second-order valence-electron chi connectivity index (χ2n) is 6.38. The Labute approximate surface area is 140 Å². The highest BCUT2D eigenvalue weighted by atomic mass is 16.4. The zero-order valence-corrected chi connectivity index (χ0v) is 13.3. The van der Waals surface area contributed by atoms with E-state index in [1.807, 2.05) is 0 Å². The lowest BCUT2D eigenvalue weighted by molar-refractivity contribution is -0.143. The summed E-state index contributed by atoms with van der Waals surface area (Å²) in [7, 11) is 0. The Hall–Kier alpha value is -2.57. The van der Waals surface area contributed by atoms with Gasteiger partial charge in [0.25, 0.3) is 5.91 Å². The van der Waals surface area contributed by atoms with Gasteiger partial charge < -0.3 is 20.6 Å². The summed E-state index contributed by atoms with van der Waals surface area (Å²) in [4.78, 5) is 36.8. The normalized spacial score (nSPS) is 20.3. The zero-order valence-electron chi connectivity index (χ0n) is 13.3. The van der Waals surface area contributed by atoms with Gasteiger partial charge in [-0.15, -0.1) is 0 Å². The molecule has 2 fully saturated rings. The number of likely N-dealkylation sites (tertiary alicyclic amines) is 1. The molecule has 0 bridgehead atoms. The lowest BCUT2D eigenvalue weighted by Crippen LogP contribution is -2.44. The minimum atomic E-state index is -0.862. The summed E-state index contributed by atoms with van der Waals surface area (Å²) >= 11 is 0. The Kier molecular flexibility index (Phi) is 4.69. The van der Waals surface area contributed by atoms with Crippen molar-refractivity contribution in [2.24, 2.45) is 5.92 Å². The van der Waals surface area contributed by atoms with E-state index in [0.29, 0.717) is 36.7 Å². The fourth-order valence-electron chi connectivity index (χ4n) is 2.77. The van der Waals surface area contributed by atoms with Crippen LogP contribution in [0.2, 0.25) is 0 Å². The number of rotatable bonds is 4. The van der Waals surface area contributed by atoms with Crippen molar-refractivity contribution in [3.05, 3.63) is 29.8 Å². The quantitative estimate of drug-likeness (QED) is 0.785. The van der Waals surface area contributed by atoms with Crippen LogP contribution in [-0.4, -0.2) is 47.0 Å². The van der Waals surface area contributed by atoms with Gasteiger partial charge in [-0.3, -0.25) is 9.59 Å². The number of benzene rings is 1. The topological polar surface area (TPSA) is 98.7 Å². The van der Waals surface area contributed by atoms with E-state index in [2.05, 4.69) is 10.6 Å². The molecule has 0 spiro atoms.